The average molecular weight is 452 g/mol. The summed E-state index contributed by atoms with van der Waals surface area (Å²) < 4.78 is 10.9. The zero-order valence-electron chi connectivity index (χ0n) is 18.9. The van der Waals surface area contributed by atoms with Crippen LogP contribution in [0, 0.1) is 5.92 Å². The lowest BCUT2D eigenvalue weighted by Gasteiger charge is -2.38. The minimum Gasteiger partial charge on any atom is -0.494 e. The fourth-order valence-electron chi connectivity index (χ4n) is 4.36. The fourth-order valence-corrected chi connectivity index (χ4v) is 4.36. The number of esters is 1. The number of rotatable bonds is 7. The van der Waals surface area contributed by atoms with Crippen molar-refractivity contribution in [3.8, 4) is 5.75 Å². The molecule has 0 bridgehead atoms. The first-order chi connectivity index (χ1) is 16.1. The smallest absolute Gasteiger partial charge is 0.341 e. The molecule has 2 atom stereocenters. The summed E-state index contributed by atoms with van der Waals surface area (Å²) in [5.41, 5.74) is 1.24. The summed E-state index contributed by atoms with van der Waals surface area (Å²) in [6, 6.07) is 12.2. The van der Waals surface area contributed by atoms with Crippen molar-refractivity contribution in [3.05, 3.63) is 54.2 Å². The van der Waals surface area contributed by atoms with Crippen LogP contribution in [0.3, 0.4) is 0 Å². The second kappa shape index (κ2) is 10.4. The highest BCUT2D eigenvalue weighted by molar-refractivity contribution is 6.10. The molecule has 1 aromatic carbocycles. The van der Waals surface area contributed by atoms with Gasteiger partial charge >= 0.3 is 12.0 Å². The predicted octanol–water partition coefficient (Wildman–Crippen LogP) is 2.30. The maximum absolute atomic E-state index is 12.9. The van der Waals surface area contributed by atoms with Gasteiger partial charge in [0.2, 0.25) is 0 Å². The Morgan fingerprint density at radius 1 is 1.12 bits per heavy atom. The van der Waals surface area contributed by atoms with Crippen LogP contribution in [0.25, 0.3) is 0 Å². The minimum atomic E-state index is -0.733. The second-order valence-electron chi connectivity index (χ2n) is 7.95. The van der Waals surface area contributed by atoms with Gasteiger partial charge in [0.1, 0.15) is 17.5 Å². The monoisotopic (exact) mass is 451 g/mol. The molecule has 1 N–H and O–H groups in total. The van der Waals surface area contributed by atoms with Crippen LogP contribution >= 0.6 is 0 Å². The summed E-state index contributed by atoms with van der Waals surface area (Å²) in [5.74, 6) is 0.413. The van der Waals surface area contributed by atoms with E-state index in [9.17, 15) is 9.59 Å². The topological polar surface area (TPSA) is 96.4 Å². The molecule has 2 amide bonds. The van der Waals surface area contributed by atoms with Crippen LogP contribution in [0.4, 0.5) is 10.6 Å². The summed E-state index contributed by atoms with van der Waals surface area (Å²) in [5, 5.41) is 2.85. The number of ether oxygens (including phenoxy) is 2. The number of piperazine rings is 1. The van der Waals surface area contributed by atoms with Crippen LogP contribution in [0.1, 0.15) is 18.5 Å². The van der Waals surface area contributed by atoms with Gasteiger partial charge in [-0.1, -0.05) is 24.3 Å². The van der Waals surface area contributed by atoms with Crippen LogP contribution in [-0.4, -0.2) is 74.0 Å². The van der Waals surface area contributed by atoms with Gasteiger partial charge in [-0.25, -0.2) is 14.8 Å². The van der Waals surface area contributed by atoms with Gasteiger partial charge in [0.15, 0.2) is 0 Å². The molecule has 4 rings (SSSR count). The maximum Gasteiger partial charge on any atom is 0.341 e. The number of urea groups is 1. The maximum atomic E-state index is 12.9. The highest BCUT2D eigenvalue weighted by Crippen LogP contribution is 2.34. The molecule has 1 fully saturated rings. The van der Waals surface area contributed by atoms with Crippen molar-refractivity contribution in [1.29, 1.82) is 0 Å². The summed E-state index contributed by atoms with van der Waals surface area (Å²) in [7, 11) is 1.35. The lowest BCUT2D eigenvalue weighted by Crippen LogP contribution is -2.52. The van der Waals surface area contributed by atoms with E-state index in [1.807, 2.05) is 49.4 Å². The number of nitrogens with one attached hydrogen (secondary N) is 1. The standard InChI is InChI=1S/C24H29N5O4/c1-3-33-19-9-5-4-8-17(19)22-21(23(30)32-2)18(26-24(31)27-22)16-28-12-14-29(15-13-28)20-10-6-7-11-25-20/h4-11,21-22H,3,12-16H2,1-2H3,(H,27,31). The van der Waals surface area contributed by atoms with Crippen LogP contribution in [0.15, 0.2) is 53.7 Å². The second-order valence-corrected chi connectivity index (χ2v) is 7.95. The van der Waals surface area contributed by atoms with Crippen molar-refractivity contribution >= 4 is 23.5 Å². The molecular weight excluding hydrogens is 422 g/mol. The number of benzene rings is 1. The third-order valence-electron chi connectivity index (χ3n) is 5.96. The Bertz CT molecular complexity index is 1000. The number of anilines is 1. The number of aromatic nitrogens is 1. The van der Waals surface area contributed by atoms with E-state index in [2.05, 4.69) is 25.1 Å². The van der Waals surface area contributed by atoms with E-state index in [1.54, 1.807) is 6.20 Å². The van der Waals surface area contributed by atoms with Crippen molar-refractivity contribution in [2.24, 2.45) is 10.9 Å². The van der Waals surface area contributed by atoms with Gasteiger partial charge in [-0.3, -0.25) is 9.69 Å². The van der Waals surface area contributed by atoms with Crippen LogP contribution in [-0.2, 0) is 9.53 Å². The van der Waals surface area contributed by atoms with Crippen molar-refractivity contribution in [3.63, 3.8) is 0 Å². The van der Waals surface area contributed by atoms with Gasteiger partial charge in [0, 0.05) is 44.5 Å². The van der Waals surface area contributed by atoms with Gasteiger partial charge in [-0.05, 0) is 25.1 Å². The Morgan fingerprint density at radius 3 is 2.58 bits per heavy atom. The number of hydrogen-bond donors (Lipinski definition) is 1. The number of methoxy groups -OCH3 is 1. The summed E-state index contributed by atoms with van der Waals surface area (Å²) in [6.45, 7) is 5.92. The summed E-state index contributed by atoms with van der Waals surface area (Å²) in [6.07, 6.45) is 1.79. The predicted molar refractivity (Wildman–Crippen MR) is 125 cm³/mol. The molecule has 9 nitrogen and oxygen atoms in total. The van der Waals surface area contributed by atoms with E-state index >= 15 is 0 Å². The first-order valence-electron chi connectivity index (χ1n) is 11.2. The van der Waals surface area contributed by atoms with Gasteiger partial charge in [-0.15, -0.1) is 0 Å². The largest absolute Gasteiger partial charge is 0.494 e. The van der Waals surface area contributed by atoms with E-state index in [0.29, 0.717) is 24.6 Å². The molecule has 0 saturated carbocycles. The molecule has 0 spiro atoms. The van der Waals surface area contributed by atoms with Gasteiger partial charge in [-0.2, -0.15) is 0 Å². The third-order valence-corrected chi connectivity index (χ3v) is 5.96. The van der Waals surface area contributed by atoms with E-state index < -0.39 is 24.0 Å². The Labute approximate surface area is 193 Å². The molecule has 2 unspecified atom stereocenters. The molecule has 0 radical (unpaired) electrons. The quantitative estimate of drug-likeness (QED) is 0.645. The van der Waals surface area contributed by atoms with Crippen molar-refractivity contribution in [2.75, 3.05) is 51.3 Å². The molecule has 2 aliphatic rings. The van der Waals surface area contributed by atoms with Crippen LogP contribution in [0.2, 0.25) is 0 Å². The molecule has 1 saturated heterocycles. The Kier molecular flexibility index (Phi) is 7.19. The number of hydrogen-bond acceptors (Lipinski definition) is 7. The Morgan fingerprint density at radius 2 is 1.88 bits per heavy atom. The number of carbonyl (C=O) groups excluding carboxylic acids is 2. The number of pyridine rings is 1. The fraction of sp³-hybridized carbons (Fsp3) is 0.417. The SMILES string of the molecule is CCOc1ccccc1C1NC(=O)N=C(CN2CCN(c3ccccn3)CC2)C1C(=O)OC. The zero-order valence-corrected chi connectivity index (χ0v) is 18.9. The highest BCUT2D eigenvalue weighted by atomic mass is 16.5. The zero-order chi connectivity index (χ0) is 23.2. The van der Waals surface area contributed by atoms with E-state index in [-0.39, 0.29) is 0 Å². The van der Waals surface area contributed by atoms with Gasteiger partial charge in [0.05, 0.1) is 25.5 Å². The molecule has 9 heteroatoms. The number of nitrogens with zero attached hydrogens (tertiary/aromatic N) is 4. The Balaban J connectivity index is 1.53. The van der Waals surface area contributed by atoms with Crippen molar-refractivity contribution < 1.29 is 19.1 Å². The third kappa shape index (κ3) is 5.14. The minimum absolute atomic E-state index is 0.413. The van der Waals surface area contributed by atoms with Crippen molar-refractivity contribution in [1.82, 2.24) is 15.2 Å². The molecular formula is C24H29N5O4. The summed E-state index contributed by atoms with van der Waals surface area (Å²) >= 11 is 0. The van der Waals surface area contributed by atoms with Gasteiger partial charge in [0.25, 0.3) is 0 Å². The number of carbonyl (C=O) groups is 2. The molecule has 174 valence electrons. The van der Waals surface area contributed by atoms with E-state index in [1.165, 1.54) is 7.11 Å². The average Bonchev–Trinajstić information content (AvgIpc) is 2.85. The Hall–Kier alpha value is -3.46. The molecule has 2 aromatic rings. The van der Waals surface area contributed by atoms with Gasteiger partial charge < -0.3 is 19.7 Å². The van der Waals surface area contributed by atoms with Crippen LogP contribution < -0.4 is 15.0 Å². The number of aliphatic imine (C=N–C) groups is 1. The molecule has 1 aromatic heterocycles. The normalized spacial score (nSPS) is 21.2. The first kappa shape index (κ1) is 22.7. The highest BCUT2D eigenvalue weighted by Gasteiger charge is 2.41. The summed E-state index contributed by atoms with van der Waals surface area (Å²) in [4.78, 5) is 38.5. The lowest BCUT2D eigenvalue weighted by atomic mass is 9.86. The first-order valence-corrected chi connectivity index (χ1v) is 11.2. The van der Waals surface area contributed by atoms with E-state index in [0.717, 1.165) is 37.6 Å². The van der Waals surface area contributed by atoms with Crippen molar-refractivity contribution in [2.45, 2.75) is 13.0 Å². The van der Waals surface area contributed by atoms with Crippen LogP contribution in [0.5, 0.6) is 5.75 Å². The number of para-hydroxylation sites is 1. The molecule has 0 aliphatic carbocycles. The lowest BCUT2D eigenvalue weighted by molar-refractivity contribution is -0.144. The molecule has 3 heterocycles. The molecule has 2 aliphatic heterocycles. The van der Waals surface area contributed by atoms with E-state index in [4.69, 9.17) is 9.47 Å². The number of amides is 2. The molecule has 33 heavy (non-hydrogen) atoms.